The fourth-order valence-corrected chi connectivity index (χ4v) is 2.21. The molecule has 1 amide bonds. The highest BCUT2D eigenvalue weighted by Gasteiger charge is 2.12. The lowest BCUT2D eigenvalue weighted by atomic mass is 10.1. The molecule has 0 atom stereocenters. The fourth-order valence-electron chi connectivity index (χ4n) is 2.21. The smallest absolute Gasteiger partial charge is 0.258 e. The van der Waals surface area contributed by atoms with Crippen molar-refractivity contribution in [2.45, 2.75) is 0 Å². The Morgan fingerprint density at radius 2 is 1.92 bits per heavy atom. The highest BCUT2D eigenvalue weighted by Crippen LogP contribution is 2.24. The van der Waals surface area contributed by atoms with Gasteiger partial charge in [0.1, 0.15) is 12.4 Å². The first-order valence-electron chi connectivity index (χ1n) is 7.63. The van der Waals surface area contributed by atoms with E-state index in [0.29, 0.717) is 36.1 Å². The van der Waals surface area contributed by atoms with E-state index < -0.39 is 5.91 Å². The molecule has 0 saturated carbocycles. The van der Waals surface area contributed by atoms with Gasteiger partial charge in [-0.2, -0.15) is 4.98 Å². The number of nitrogens with zero attached hydrogens (tertiary/aromatic N) is 2. The number of nitrogens with two attached hydrogens (primary N) is 1. The molecule has 0 bridgehead atoms. The van der Waals surface area contributed by atoms with Gasteiger partial charge in [-0.15, -0.1) is 0 Å². The molecule has 25 heavy (non-hydrogen) atoms. The van der Waals surface area contributed by atoms with Gasteiger partial charge in [-0.25, -0.2) is 0 Å². The lowest BCUT2D eigenvalue weighted by Gasteiger charge is -2.05. The molecule has 0 fully saturated rings. The molecular formula is C18H17N3O4. The topological polar surface area (TPSA) is 100 Å². The first kappa shape index (κ1) is 16.7. The molecular weight excluding hydrogens is 322 g/mol. The standard InChI is InChI=1S/C18H17N3O4/c1-23-9-10-24-15-7-5-12(6-8-15)17-20-18(25-21-17)14-4-2-3-13(11-14)16(19)22/h2-8,11H,9-10H2,1H3,(H2,19,22). The van der Waals surface area contributed by atoms with E-state index >= 15 is 0 Å². The quantitative estimate of drug-likeness (QED) is 0.664. The molecule has 7 nitrogen and oxygen atoms in total. The number of methoxy groups -OCH3 is 1. The summed E-state index contributed by atoms with van der Waals surface area (Å²) in [4.78, 5) is 15.6. The van der Waals surface area contributed by atoms with Crippen LogP contribution in [0.25, 0.3) is 22.8 Å². The van der Waals surface area contributed by atoms with Gasteiger partial charge in [0.2, 0.25) is 11.7 Å². The summed E-state index contributed by atoms with van der Waals surface area (Å²) in [5.41, 5.74) is 7.10. The minimum absolute atomic E-state index is 0.318. The van der Waals surface area contributed by atoms with E-state index in [4.69, 9.17) is 19.7 Å². The molecule has 0 aliphatic carbocycles. The molecule has 0 aliphatic heterocycles. The third-order valence-corrected chi connectivity index (χ3v) is 3.49. The molecule has 0 aliphatic rings. The van der Waals surface area contributed by atoms with Gasteiger partial charge in [0.25, 0.3) is 5.89 Å². The summed E-state index contributed by atoms with van der Waals surface area (Å²) in [5.74, 6) is 0.991. The van der Waals surface area contributed by atoms with E-state index in [1.54, 1.807) is 31.4 Å². The zero-order valence-electron chi connectivity index (χ0n) is 13.6. The van der Waals surface area contributed by atoms with Crippen molar-refractivity contribution in [1.29, 1.82) is 0 Å². The van der Waals surface area contributed by atoms with Crippen molar-refractivity contribution in [2.24, 2.45) is 5.73 Å². The van der Waals surface area contributed by atoms with E-state index in [-0.39, 0.29) is 0 Å². The van der Waals surface area contributed by atoms with Gasteiger partial charge in [0.15, 0.2) is 0 Å². The number of ether oxygens (including phenoxy) is 2. The Kier molecular flexibility index (Phi) is 5.06. The fraction of sp³-hybridized carbons (Fsp3) is 0.167. The highest BCUT2D eigenvalue weighted by atomic mass is 16.5. The third-order valence-electron chi connectivity index (χ3n) is 3.49. The van der Waals surface area contributed by atoms with Crippen molar-refractivity contribution in [3.8, 4) is 28.6 Å². The van der Waals surface area contributed by atoms with Crippen LogP contribution in [0.2, 0.25) is 0 Å². The van der Waals surface area contributed by atoms with Gasteiger partial charge in [-0.1, -0.05) is 11.2 Å². The molecule has 3 aromatic rings. The summed E-state index contributed by atoms with van der Waals surface area (Å²) in [7, 11) is 1.62. The van der Waals surface area contributed by atoms with Crippen LogP contribution < -0.4 is 10.5 Å². The first-order chi connectivity index (χ1) is 12.2. The minimum Gasteiger partial charge on any atom is -0.491 e. The zero-order chi connectivity index (χ0) is 17.6. The molecule has 0 saturated heterocycles. The summed E-state index contributed by atoms with van der Waals surface area (Å²) in [6, 6.07) is 14.1. The number of amides is 1. The van der Waals surface area contributed by atoms with Crippen molar-refractivity contribution >= 4 is 5.91 Å². The number of hydrogen-bond acceptors (Lipinski definition) is 6. The van der Waals surface area contributed by atoms with Gasteiger partial charge in [-0.3, -0.25) is 4.79 Å². The van der Waals surface area contributed by atoms with Gasteiger partial charge < -0.3 is 19.7 Å². The number of primary amides is 1. The number of carbonyl (C=O) groups is 1. The number of benzene rings is 2. The minimum atomic E-state index is -0.509. The Morgan fingerprint density at radius 3 is 2.64 bits per heavy atom. The second-order valence-corrected chi connectivity index (χ2v) is 5.23. The van der Waals surface area contributed by atoms with Gasteiger partial charge in [-0.05, 0) is 42.5 Å². The molecule has 7 heteroatoms. The molecule has 0 spiro atoms. The molecule has 1 heterocycles. The summed E-state index contributed by atoms with van der Waals surface area (Å²) in [6.07, 6.45) is 0. The maximum Gasteiger partial charge on any atom is 0.258 e. The Labute approximate surface area is 144 Å². The second-order valence-electron chi connectivity index (χ2n) is 5.23. The van der Waals surface area contributed by atoms with Crippen LogP contribution in [0.1, 0.15) is 10.4 Å². The molecule has 128 valence electrons. The van der Waals surface area contributed by atoms with E-state index in [2.05, 4.69) is 10.1 Å². The average molecular weight is 339 g/mol. The molecule has 1 aromatic heterocycles. The Balaban J connectivity index is 1.77. The Morgan fingerprint density at radius 1 is 1.12 bits per heavy atom. The van der Waals surface area contributed by atoms with Crippen molar-refractivity contribution in [3.63, 3.8) is 0 Å². The predicted octanol–water partition coefficient (Wildman–Crippen LogP) is 2.53. The molecule has 2 N–H and O–H groups in total. The highest BCUT2D eigenvalue weighted by molar-refractivity contribution is 5.93. The number of aromatic nitrogens is 2. The van der Waals surface area contributed by atoms with Gasteiger partial charge >= 0.3 is 0 Å². The summed E-state index contributed by atoms with van der Waals surface area (Å²) >= 11 is 0. The van der Waals surface area contributed by atoms with E-state index in [1.165, 1.54) is 0 Å². The van der Waals surface area contributed by atoms with Gasteiger partial charge in [0.05, 0.1) is 6.61 Å². The monoisotopic (exact) mass is 339 g/mol. The van der Waals surface area contributed by atoms with E-state index in [1.807, 2.05) is 24.3 Å². The maximum atomic E-state index is 11.3. The SMILES string of the molecule is COCCOc1ccc(-c2noc(-c3cccc(C(N)=O)c3)n2)cc1. The van der Waals surface area contributed by atoms with Crippen LogP contribution in [0.4, 0.5) is 0 Å². The molecule has 0 unspecified atom stereocenters. The summed E-state index contributed by atoms with van der Waals surface area (Å²) in [6.45, 7) is 1.01. The van der Waals surface area contributed by atoms with Crippen LogP contribution in [0, 0.1) is 0 Å². The van der Waals surface area contributed by atoms with Crippen LogP contribution >= 0.6 is 0 Å². The van der Waals surface area contributed by atoms with Crippen LogP contribution in [-0.2, 0) is 4.74 Å². The normalized spacial score (nSPS) is 10.6. The molecule has 2 aromatic carbocycles. The second kappa shape index (κ2) is 7.59. The number of hydrogen-bond donors (Lipinski definition) is 1. The van der Waals surface area contributed by atoms with Crippen molar-refractivity contribution < 1.29 is 18.8 Å². The lowest BCUT2D eigenvalue weighted by Crippen LogP contribution is -2.10. The molecule has 0 radical (unpaired) electrons. The van der Waals surface area contributed by atoms with Gasteiger partial charge in [0, 0.05) is 23.8 Å². The van der Waals surface area contributed by atoms with Crippen LogP contribution in [-0.4, -0.2) is 36.4 Å². The van der Waals surface area contributed by atoms with Crippen molar-refractivity contribution in [2.75, 3.05) is 20.3 Å². The summed E-state index contributed by atoms with van der Waals surface area (Å²) in [5, 5.41) is 3.98. The number of carbonyl (C=O) groups excluding carboxylic acids is 1. The maximum absolute atomic E-state index is 11.3. The van der Waals surface area contributed by atoms with Crippen LogP contribution in [0.3, 0.4) is 0 Å². The Bertz CT molecular complexity index is 859. The predicted molar refractivity (Wildman–Crippen MR) is 91.1 cm³/mol. The molecule has 3 rings (SSSR count). The van der Waals surface area contributed by atoms with Crippen molar-refractivity contribution in [3.05, 3.63) is 54.1 Å². The zero-order valence-corrected chi connectivity index (χ0v) is 13.6. The van der Waals surface area contributed by atoms with E-state index in [9.17, 15) is 4.79 Å². The third kappa shape index (κ3) is 4.02. The van der Waals surface area contributed by atoms with Crippen molar-refractivity contribution in [1.82, 2.24) is 10.1 Å². The number of rotatable bonds is 7. The lowest BCUT2D eigenvalue weighted by molar-refractivity contribution is 0.100. The largest absolute Gasteiger partial charge is 0.491 e. The average Bonchev–Trinajstić information content (AvgIpc) is 3.13. The first-order valence-corrected chi connectivity index (χ1v) is 7.63. The Hall–Kier alpha value is -3.19. The van der Waals surface area contributed by atoms with Crippen LogP contribution in [0.15, 0.2) is 53.1 Å². The van der Waals surface area contributed by atoms with Crippen LogP contribution in [0.5, 0.6) is 5.75 Å². The van der Waals surface area contributed by atoms with E-state index in [0.717, 1.165) is 11.3 Å². The summed E-state index contributed by atoms with van der Waals surface area (Å²) < 4.78 is 15.7.